The van der Waals surface area contributed by atoms with Gasteiger partial charge in [0.15, 0.2) is 0 Å². The molecule has 2 unspecified atom stereocenters. The summed E-state index contributed by atoms with van der Waals surface area (Å²) < 4.78 is 6.80. The first-order valence-electron chi connectivity index (χ1n) is 6.61. The maximum Gasteiger partial charge on any atom is 0.261 e. The van der Waals surface area contributed by atoms with Gasteiger partial charge in [-0.25, -0.2) is 0 Å². The highest BCUT2D eigenvalue weighted by molar-refractivity contribution is 9.11. The summed E-state index contributed by atoms with van der Waals surface area (Å²) in [5.41, 5.74) is 0. The van der Waals surface area contributed by atoms with E-state index in [9.17, 15) is 4.79 Å². The van der Waals surface area contributed by atoms with Crippen molar-refractivity contribution in [3.63, 3.8) is 0 Å². The Morgan fingerprint density at radius 3 is 3.26 bits per heavy atom. The van der Waals surface area contributed by atoms with E-state index in [1.807, 2.05) is 12.1 Å². The van der Waals surface area contributed by atoms with Crippen molar-refractivity contribution in [2.45, 2.75) is 25.0 Å². The summed E-state index contributed by atoms with van der Waals surface area (Å²) in [6.45, 7) is 3.53. The predicted molar refractivity (Wildman–Crippen MR) is 78.7 cm³/mol. The van der Waals surface area contributed by atoms with E-state index in [0.717, 1.165) is 21.8 Å². The second-order valence-corrected chi connectivity index (χ2v) is 7.52. The molecule has 2 fully saturated rings. The minimum absolute atomic E-state index is 0.0113. The van der Waals surface area contributed by atoms with Crippen molar-refractivity contribution in [1.82, 2.24) is 10.2 Å². The maximum absolute atomic E-state index is 11.9. The number of hydrogen-bond acceptors (Lipinski definition) is 4. The third kappa shape index (κ3) is 3.18. The van der Waals surface area contributed by atoms with Gasteiger partial charge in [-0.1, -0.05) is 0 Å². The molecule has 3 rings (SSSR count). The highest BCUT2D eigenvalue weighted by Crippen LogP contribution is 2.23. The predicted octanol–water partition coefficient (Wildman–Crippen LogP) is 2.10. The molecule has 19 heavy (non-hydrogen) atoms. The molecule has 0 saturated carbocycles. The molecule has 2 atom stereocenters. The van der Waals surface area contributed by atoms with E-state index in [2.05, 4.69) is 26.1 Å². The Morgan fingerprint density at radius 2 is 2.47 bits per heavy atom. The second kappa shape index (κ2) is 5.91. The molecule has 4 nitrogen and oxygen atoms in total. The Hall–Kier alpha value is -0.430. The number of rotatable bonds is 3. The molecular weight excluding hydrogens is 328 g/mol. The number of nitrogens with one attached hydrogen (secondary N) is 1. The van der Waals surface area contributed by atoms with Gasteiger partial charge >= 0.3 is 0 Å². The van der Waals surface area contributed by atoms with Crippen molar-refractivity contribution in [2.75, 3.05) is 26.2 Å². The van der Waals surface area contributed by atoms with Gasteiger partial charge in [0.1, 0.15) is 0 Å². The minimum Gasteiger partial charge on any atom is -0.373 e. The SMILES string of the molecule is O=C(NCC1CN2CCCC2CO1)c1ccc(Br)s1. The summed E-state index contributed by atoms with van der Waals surface area (Å²) in [6.07, 6.45) is 2.65. The highest BCUT2D eigenvalue weighted by atomic mass is 79.9. The maximum atomic E-state index is 11.9. The number of fused-ring (bicyclic) bond motifs is 1. The second-order valence-electron chi connectivity index (χ2n) is 5.06. The fraction of sp³-hybridized carbons (Fsp3) is 0.615. The third-order valence-electron chi connectivity index (χ3n) is 3.75. The smallest absolute Gasteiger partial charge is 0.261 e. The number of carbonyl (C=O) groups excluding carboxylic acids is 1. The first-order valence-corrected chi connectivity index (χ1v) is 8.22. The van der Waals surface area contributed by atoms with Crippen LogP contribution < -0.4 is 5.32 Å². The number of ether oxygens (including phenoxy) is 1. The average molecular weight is 345 g/mol. The van der Waals surface area contributed by atoms with Crippen molar-refractivity contribution >= 4 is 33.2 Å². The van der Waals surface area contributed by atoms with Crippen LogP contribution in [0.5, 0.6) is 0 Å². The van der Waals surface area contributed by atoms with Gasteiger partial charge in [0.2, 0.25) is 0 Å². The first-order chi connectivity index (χ1) is 9.22. The summed E-state index contributed by atoms with van der Waals surface area (Å²) >= 11 is 4.82. The van der Waals surface area contributed by atoms with Gasteiger partial charge < -0.3 is 10.1 Å². The summed E-state index contributed by atoms with van der Waals surface area (Å²) in [4.78, 5) is 15.2. The van der Waals surface area contributed by atoms with E-state index >= 15 is 0 Å². The van der Waals surface area contributed by atoms with Crippen LogP contribution in [0.1, 0.15) is 22.5 Å². The standard InChI is InChI=1S/C13H17BrN2O2S/c14-12-4-3-11(19-12)13(17)15-6-10-7-16-5-1-2-9(16)8-18-10/h3-4,9-10H,1-2,5-8H2,(H,15,17). The molecule has 1 aromatic rings. The summed E-state index contributed by atoms with van der Waals surface area (Å²) in [6, 6.07) is 4.34. The quantitative estimate of drug-likeness (QED) is 0.912. The van der Waals surface area contributed by atoms with Crippen molar-refractivity contribution in [3.8, 4) is 0 Å². The molecule has 1 N–H and O–H groups in total. The van der Waals surface area contributed by atoms with Crippen LogP contribution in [-0.4, -0.2) is 49.2 Å². The molecule has 1 amide bonds. The number of thiophene rings is 1. The van der Waals surface area contributed by atoms with Crippen LogP contribution in [0, 0.1) is 0 Å². The van der Waals surface area contributed by atoms with Crippen LogP contribution in [0.2, 0.25) is 0 Å². The Kier molecular flexibility index (Phi) is 4.21. The van der Waals surface area contributed by atoms with Crippen LogP contribution in [0.15, 0.2) is 15.9 Å². The van der Waals surface area contributed by atoms with Gasteiger partial charge in [-0.15, -0.1) is 11.3 Å². The van der Waals surface area contributed by atoms with Crippen molar-refractivity contribution < 1.29 is 9.53 Å². The average Bonchev–Trinajstić information content (AvgIpc) is 3.03. The number of carbonyl (C=O) groups is 1. The van der Waals surface area contributed by atoms with Crippen molar-refractivity contribution in [1.29, 1.82) is 0 Å². The molecule has 0 aromatic carbocycles. The third-order valence-corrected chi connectivity index (χ3v) is 5.37. The van der Waals surface area contributed by atoms with Gasteiger partial charge in [0, 0.05) is 19.1 Å². The number of hydrogen-bond donors (Lipinski definition) is 1. The van der Waals surface area contributed by atoms with E-state index in [-0.39, 0.29) is 12.0 Å². The van der Waals surface area contributed by atoms with Gasteiger partial charge in [-0.05, 0) is 47.4 Å². The lowest BCUT2D eigenvalue weighted by Gasteiger charge is -2.35. The van der Waals surface area contributed by atoms with Crippen LogP contribution in [0.4, 0.5) is 0 Å². The Balaban J connectivity index is 1.48. The van der Waals surface area contributed by atoms with E-state index in [4.69, 9.17) is 4.74 Å². The molecule has 6 heteroatoms. The Labute approximate surface area is 125 Å². The molecule has 0 spiro atoms. The monoisotopic (exact) mass is 344 g/mol. The molecule has 104 valence electrons. The fourth-order valence-corrected chi connectivity index (χ4v) is 4.04. The van der Waals surface area contributed by atoms with Gasteiger partial charge in [-0.3, -0.25) is 9.69 Å². The number of amides is 1. The van der Waals surface area contributed by atoms with Crippen LogP contribution in [0.3, 0.4) is 0 Å². The molecule has 1 aromatic heterocycles. The molecule has 0 aliphatic carbocycles. The molecular formula is C13H17BrN2O2S. The fourth-order valence-electron chi connectivity index (χ4n) is 2.74. The highest BCUT2D eigenvalue weighted by Gasteiger charge is 2.32. The molecule has 3 heterocycles. The van der Waals surface area contributed by atoms with Gasteiger partial charge in [0.25, 0.3) is 5.91 Å². The molecule has 2 aliphatic rings. The number of halogens is 1. The lowest BCUT2D eigenvalue weighted by Crippen LogP contribution is -2.50. The zero-order valence-corrected chi connectivity index (χ0v) is 13.0. The molecule has 2 aliphatic heterocycles. The molecule has 0 bridgehead atoms. The van der Waals surface area contributed by atoms with E-state index in [0.29, 0.717) is 12.6 Å². The lowest BCUT2D eigenvalue weighted by atomic mass is 10.2. The Bertz CT molecular complexity index is 465. The topological polar surface area (TPSA) is 41.6 Å². The van der Waals surface area contributed by atoms with Crippen molar-refractivity contribution in [2.24, 2.45) is 0 Å². The van der Waals surface area contributed by atoms with Crippen LogP contribution in [0.25, 0.3) is 0 Å². The van der Waals surface area contributed by atoms with Crippen LogP contribution >= 0.6 is 27.3 Å². The molecule has 2 saturated heterocycles. The zero-order chi connectivity index (χ0) is 13.2. The largest absolute Gasteiger partial charge is 0.373 e. The van der Waals surface area contributed by atoms with E-state index < -0.39 is 0 Å². The normalized spacial score (nSPS) is 27.2. The first kappa shape index (κ1) is 13.5. The van der Waals surface area contributed by atoms with E-state index in [1.54, 1.807) is 0 Å². The zero-order valence-electron chi connectivity index (χ0n) is 10.6. The van der Waals surface area contributed by atoms with Crippen molar-refractivity contribution in [3.05, 3.63) is 20.8 Å². The summed E-state index contributed by atoms with van der Waals surface area (Å²) in [7, 11) is 0. The Morgan fingerprint density at radius 1 is 1.58 bits per heavy atom. The van der Waals surface area contributed by atoms with Gasteiger partial charge in [0.05, 0.1) is 21.4 Å². The lowest BCUT2D eigenvalue weighted by molar-refractivity contribution is -0.0461. The number of morpholine rings is 1. The minimum atomic E-state index is -0.0113. The van der Waals surface area contributed by atoms with Crippen LogP contribution in [-0.2, 0) is 4.74 Å². The summed E-state index contributed by atoms with van der Waals surface area (Å²) in [5.74, 6) is -0.0113. The summed E-state index contributed by atoms with van der Waals surface area (Å²) in [5, 5.41) is 2.96. The van der Waals surface area contributed by atoms with Gasteiger partial charge in [-0.2, -0.15) is 0 Å². The van der Waals surface area contributed by atoms with E-state index in [1.165, 1.54) is 30.7 Å². The number of nitrogens with zero attached hydrogens (tertiary/aromatic N) is 1. The molecule has 0 radical (unpaired) electrons.